The summed E-state index contributed by atoms with van der Waals surface area (Å²) in [5.74, 6) is 0. The van der Waals surface area contributed by atoms with Crippen LogP contribution in [-0.2, 0) is 6.54 Å². The first-order valence-corrected chi connectivity index (χ1v) is 10.1. The molecule has 8 nitrogen and oxygen atoms in total. The van der Waals surface area contributed by atoms with E-state index < -0.39 is 0 Å². The van der Waals surface area contributed by atoms with Crippen molar-refractivity contribution in [1.82, 2.24) is 28.9 Å². The molecular formula is C16H17N7OS2. The number of imidazole rings is 1. The van der Waals surface area contributed by atoms with Crippen molar-refractivity contribution in [1.29, 1.82) is 0 Å². The van der Waals surface area contributed by atoms with Crippen LogP contribution in [-0.4, -0.2) is 55.1 Å². The van der Waals surface area contributed by atoms with E-state index in [9.17, 15) is 4.79 Å². The lowest BCUT2D eigenvalue weighted by atomic mass is 10.3. The lowest BCUT2D eigenvalue weighted by molar-refractivity contribution is 0.247. The zero-order valence-corrected chi connectivity index (χ0v) is 15.8. The Kier molecular flexibility index (Phi) is 3.76. The second-order valence-electron chi connectivity index (χ2n) is 6.40. The lowest BCUT2D eigenvalue weighted by Gasteiger charge is -2.34. The standard InChI is InChI=1S/C16H17N7OS2/c1-11-9-23-15(17-11)26-16(19-23)21-4-2-20(3-5-21)10-12-8-13(24)22-6-7-25-14(22)18-12/h6-9H,2-5,10H2,1H3. The summed E-state index contributed by atoms with van der Waals surface area (Å²) in [7, 11) is 0. The van der Waals surface area contributed by atoms with Crippen LogP contribution in [0.1, 0.15) is 11.4 Å². The molecule has 0 amide bonds. The van der Waals surface area contributed by atoms with Crippen molar-refractivity contribution in [2.45, 2.75) is 13.5 Å². The largest absolute Gasteiger partial charge is 0.344 e. The minimum Gasteiger partial charge on any atom is -0.344 e. The Balaban J connectivity index is 1.27. The number of hydrogen-bond acceptors (Lipinski definition) is 8. The summed E-state index contributed by atoms with van der Waals surface area (Å²) in [6.45, 7) is 6.36. The summed E-state index contributed by atoms with van der Waals surface area (Å²) in [6.07, 6.45) is 3.72. The van der Waals surface area contributed by atoms with Gasteiger partial charge in [0.2, 0.25) is 10.1 Å². The third-order valence-corrected chi connectivity index (χ3v) is 6.28. The number of fused-ring (bicyclic) bond motifs is 2. The Morgan fingerprint density at radius 1 is 1.15 bits per heavy atom. The van der Waals surface area contributed by atoms with Crippen molar-refractivity contribution in [2.75, 3.05) is 31.1 Å². The van der Waals surface area contributed by atoms with Crippen molar-refractivity contribution >= 4 is 37.7 Å². The van der Waals surface area contributed by atoms with E-state index in [0.717, 1.165) is 52.6 Å². The summed E-state index contributed by atoms with van der Waals surface area (Å²) in [5.41, 5.74) is 1.83. The van der Waals surface area contributed by atoms with Gasteiger partial charge in [0.15, 0.2) is 4.96 Å². The van der Waals surface area contributed by atoms with Gasteiger partial charge in [0.1, 0.15) is 0 Å². The van der Waals surface area contributed by atoms with E-state index in [0.29, 0.717) is 6.54 Å². The highest BCUT2D eigenvalue weighted by molar-refractivity contribution is 7.20. The van der Waals surface area contributed by atoms with Crippen LogP contribution >= 0.6 is 22.7 Å². The van der Waals surface area contributed by atoms with Gasteiger partial charge in [-0.05, 0) is 6.92 Å². The van der Waals surface area contributed by atoms with E-state index in [2.05, 4.69) is 24.9 Å². The molecule has 0 aromatic carbocycles. The molecule has 0 bridgehead atoms. The maximum Gasteiger partial charge on any atom is 0.258 e. The summed E-state index contributed by atoms with van der Waals surface area (Å²) >= 11 is 3.12. The number of aryl methyl sites for hydroxylation is 1. The minimum absolute atomic E-state index is 0.00805. The van der Waals surface area contributed by atoms with E-state index in [1.807, 2.05) is 23.0 Å². The molecule has 0 spiro atoms. The van der Waals surface area contributed by atoms with Gasteiger partial charge >= 0.3 is 0 Å². The summed E-state index contributed by atoms with van der Waals surface area (Å²) < 4.78 is 3.45. The molecule has 1 aliphatic heterocycles. The molecule has 1 saturated heterocycles. The van der Waals surface area contributed by atoms with Crippen molar-refractivity contribution in [3.63, 3.8) is 0 Å². The van der Waals surface area contributed by atoms with Crippen LogP contribution in [0.2, 0.25) is 0 Å². The van der Waals surface area contributed by atoms with Gasteiger partial charge in [0.05, 0.1) is 17.6 Å². The number of hydrogen-bond donors (Lipinski definition) is 0. The van der Waals surface area contributed by atoms with Crippen molar-refractivity contribution < 1.29 is 0 Å². The van der Waals surface area contributed by atoms with Gasteiger partial charge in [-0.1, -0.05) is 11.3 Å². The van der Waals surface area contributed by atoms with Gasteiger partial charge in [0.25, 0.3) is 5.56 Å². The van der Waals surface area contributed by atoms with Crippen LogP contribution in [0.3, 0.4) is 0 Å². The van der Waals surface area contributed by atoms with Gasteiger partial charge < -0.3 is 4.90 Å². The van der Waals surface area contributed by atoms with Gasteiger partial charge in [-0.15, -0.1) is 16.4 Å². The predicted octanol–water partition coefficient (Wildman–Crippen LogP) is 1.49. The molecule has 4 aromatic heterocycles. The van der Waals surface area contributed by atoms with E-state index in [4.69, 9.17) is 0 Å². The number of anilines is 1. The molecule has 5 rings (SSSR count). The third kappa shape index (κ3) is 2.79. The molecule has 4 aromatic rings. The highest BCUT2D eigenvalue weighted by Crippen LogP contribution is 2.24. The van der Waals surface area contributed by atoms with Crippen LogP contribution in [0.15, 0.2) is 28.6 Å². The highest BCUT2D eigenvalue weighted by Gasteiger charge is 2.21. The highest BCUT2D eigenvalue weighted by atomic mass is 32.1. The molecule has 134 valence electrons. The average molecular weight is 387 g/mol. The van der Waals surface area contributed by atoms with Crippen molar-refractivity contribution in [3.8, 4) is 0 Å². The smallest absolute Gasteiger partial charge is 0.258 e. The number of piperazine rings is 1. The lowest BCUT2D eigenvalue weighted by Crippen LogP contribution is -2.46. The second kappa shape index (κ2) is 6.15. The molecule has 1 fully saturated rings. The van der Waals surface area contributed by atoms with Crippen LogP contribution in [0.25, 0.3) is 9.92 Å². The zero-order valence-electron chi connectivity index (χ0n) is 14.2. The third-order valence-electron chi connectivity index (χ3n) is 4.54. The molecule has 0 aliphatic carbocycles. The van der Waals surface area contributed by atoms with E-state index in [1.165, 1.54) is 11.3 Å². The number of nitrogens with zero attached hydrogens (tertiary/aromatic N) is 7. The summed E-state index contributed by atoms with van der Waals surface area (Å²) in [5, 5.41) is 7.54. The summed E-state index contributed by atoms with van der Waals surface area (Å²) in [6, 6.07) is 1.64. The molecule has 0 saturated carbocycles. The molecule has 10 heteroatoms. The van der Waals surface area contributed by atoms with Crippen LogP contribution < -0.4 is 10.5 Å². The normalized spacial score (nSPS) is 16.1. The summed E-state index contributed by atoms with van der Waals surface area (Å²) in [4.78, 5) is 27.5. The van der Waals surface area contributed by atoms with Crippen LogP contribution in [0, 0.1) is 6.92 Å². The molecule has 1 aliphatic rings. The monoisotopic (exact) mass is 387 g/mol. The molecule has 0 N–H and O–H groups in total. The average Bonchev–Trinajstić information content (AvgIpc) is 3.30. The molecule has 26 heavy (non-hydrogen) atoms. The Bertz CT molecular complexity index is 1100. The topological polar surface area (TPSA) is 71.0 Å². The fourth-order valence-electron chi connectivity index (χ4n) is 3.22. The fraction of sp³-hybridized carbons (Fsp3) is 0.375. The van der Waals surface area contributed by atoms with Gasteiger partial charge in [0, 0.05) is 50.4 Å². The SMILES string of the molecule is Cc1cn2nc(N3CCN(Cc4cc(=O)n5ccsc5n4)CC3)sc2n1. The number of thiazole rings is 1. The number of rotatable bonds is 3. The molecule has 0 atom stereocenters. The predicted molar refractivity (Wildman–Crippen MR) is 102 cm³/mol. The Hall–Kier alpha value is -2.30. The van der Waals surface area contributed by atoms with Gasteiger partial charge in [-0.25, -0.2) is 14.5 Å². The maximum absolute atomic E-state index is 12.1. The minimum atomic E-state index is -0.00805. The van der Waals surface area contributed by atoms with E-state index >= 15 is 0 Å². The first-order chi connectivity index (χ1) is 12.7. The van der Waals surface area contributed by atoms with E-state index in [1.54, 1.807) is 28.0 Å². The molecule has 0 unspecified atom stereocenters. The second-order valence-corrected chi connectivity index (χ2v) is 8.21. The first-order valence-electron chi connectivity index (χ1n) is 8.42. The van der Waals surface area contributed by atoms with Crippen molar-refractivity contribution in [3.05, 3.63) is 45.6 Å². The Morgan fingerprint density at radius 2 is 2.00 bits per heavy atom. The van der Waals surface area contributed by atoms with Crippen molar-refractivity contribution in [2.24, 2.45) is 0 Å². The fourth-order valence-corrected chi connectivity index (χ4v) is 4.94. The van der Waals surface area contributed by atoms with Crippen LogP contribution in [0.5, 0.6) is 0 Å². The Labute approximate surface area is 157 Å². The molecule has 0 radical (unpaired) electrons. The zero-order chi connectivity index (χ0) is 17.7. The van der Waals surface area contributed by atoms with Crippen LogP contribution in [0.4, 0.5) is 5.13 Å². The maximum atomic E-state index is 12.1. The number of aromatic nitrogens is 5. The first kappa shape index (κ1) is 15.9. The molecular weight excluding hydrogens is 370 g/mol. The molecule has 5 heterocycles. The van der Waals surface area contributed by atoms with Gasteiger partial charge in [-0.3, -0.25) is 14.1 Å². The Morgan fingerprint density at radius 3 is 2.81 bits per heavy atom. The quantitative estimate of drug-likeness (QED) is 0.530. The van der Waals surface area contributed by atoms with E-state index in [-0.39, 0.29) is 5.56 Å². The van der Waals surface area contributed by atoms with Gasteiger partial charge in [-0.2, -0.15) is 0 Å².